The van der Waals surface area contributed by atoms with Crippen molar-refractivity contribution in [1.29, 1.82) is 0 Å². The third-order valence-corrected chi connectivity index (χ3v) is 6.55. The average Bonchev–Trinajstić information content (AvgIpc) is 2.59. The normalized spacial score (nSPS) is 28.9. The van der Waals surface area contributed by atoms with Crippen molar-refractivity contribution in [2.45, 2.75) is 134 Å². The molecule has 27 heavy (non-hydrogen) atoms. The van der Waals surface area contributed by atoms with Gasteiger partial charge in [0, 0.05) is 6.04 Å². The molecule has 5 heteroatoms. The van der Waals surface area contributed by atoms with Gasteiger partial charge in [-0.1, -0.05) is 38.5 Å². The smallest absolute Gasteiger partial charge is 0.305 e. The lowest BCUT2D eigenvalue weighted by Crippen LogP contribution is -2.63. The zero-order valence-corrected chi connectivity index (χ0v) is 18.0. The van der Waals surface area contributed by atoms with Crippen LogP contribution in [0.4, 0.5) is 0 Å². The number of hydroxylamine groups is 2. The molecule has 0 bridgehead atoms. The highest BCUT2D eigenvalue weighted by atomic mass is 16.7. The molecule has 3 fully saturated rings. The zero-order chi connectivity index (χ0) is 19.5. The molecule has 1 aliphatic heterocycles. The number of piperidine rings is 1. The van der Waals surface area contributed by atoms with Gasteiger partial charge in [0.2, 0.25) is 0 Å². The van der Waals surface area contributed by atoms with Gasteiger partial charge in [-0.25, -0.2) is 4.99 Å². The quantitative estimate of drug-likeness (QED) is 0.558. The summed E-state index contributed by atoms with van der Waals surface area (Å²) in [5.41, 5.74) is -0.467. The molecule has 2 N–H and O–H groups in total. The van der Waals surface area contributed by atoms with Gasteiger partial charge >= 0.3 is 6.02 Å². The summed E-state index contributed by atoms with van der Waals surface area (Å²) in [6.45, 7) is 8.65. The van der Waals surface area contributed by atoms with E-state index in [1.54, 1.807) is 0 Å². The summed E-state index contributed by atoms with van der Waals surface area (Å²) < 4.78 is 0. The Kier molecular flexibility index (Phi) is 6.73. The molecular weight excluding hydrogens is 338 g/mol. The number of rotatable bonds is 3. The first-order chi connectivity index (χ1) is 12.8. The van der Waals surface area contributed by atoms with E-state index in [1.165, 1.54) is 64.2 Å². The van der Waals surface area contributed by atoms with Crippen molar-refractivity contribution < 1.29 is 9.94 Å². The standard InChI is InChI=1S/C22H41N3O2/c1-21(2)15-19(26)16-22(3,4)25(21)27-20(23-17-11-7-5-8-12-17)24-18-13-9-6-10-14-18/h17-19,26H,5-16H2,1-4H3,(H,23,24). The number of amidine groups is 1. The van der Waals surface area contributed by atoms with E-state index >= 15 is 0 Å². The first-order valence-electron chi connectivity index (χ1n) is 11.3. The molecule has 156 valence electrons. The summed E-state index contributed by atoms with van der Waals surface area (Å²) in [6, 6.07) is 1.57. The number of hydrogen-bond donors (Lipinski definition) is 2. The van der Waals surface area contributed by atoms with Crippen LogP contribution in [0, 0.1) is 0 Å². The lowest BCUT2D eigenvalue weighted by Gasteiger charge is -2.52. The summed E-state index contributed by atoms with van der Waals surface area (Å²) in [4.78, 5) is 11.6. The Morgan fingerprint density at radius 2 is 1.41 bits per heavy atom. The first kappa shape index (κ1) is 20.9. The molecule has 0 spiro atoms. The molecule has 1 heterocycles. The Morgan fingerprint density at radius 1 is 0.889 bits per heavy atom. The number of nitrogens with one attached hydrogen (secondary N) is 1. The SMILES string of the molecule is CC1(C)CC(O)CC(C)(C)N1O/C(=N\C1CCCCC1)NC1CCCCC1. The predicted molar refractivity (Wildman–Crippen MR) is 111 cm³/mol. The van der Waals surface area contributed by atoms with Gasteiger partial charge in [0.25, 0.3) is 0 Å². The molecule has 0 aromatic heterocycles. The Balaban J connectivity index is 1.77. The Morgan fingerprint density at radius 3 is 1.96 bits per heavy atom. The maximum Gasteiger partial charge on any atom is 0.305 e. The lowest BCUT2D eigenvalue weighted by atomic mass is 9.80. The third-order valence-electron chi connectivity index (χ3n) is 6.55. The molecule has 0 aromatic carbocycles. The summed E-state index contributed by atoms with van der Waals surface area (Å²) >= 11 is 0. The van der Waals surface area contributed by atoms with E-state index in [-0.39, 0.29) is 17.2 Å². The minimum absolute atomic E-state index is 0.233. The molecule has 2 aliphatic carbocycles. The van der Waals surface area contributed by atoms with E-state index in [9.17, 15) is 5.11 Å². The second-order valence-corrected chi connectivity index (χ2v) is 10.3. The fourth-order valence-electron chi connectivity index (χ4n) is 5.43. The van der Waals surface area contributed by atoms with Crippen LogP contribution in [0.25, 0.3) is 0 Å². The largest absolute Gasteiger partial charge is 0.393 e. The van der Waals surface area contributed by atoms with Gasteiger partial charge in [0.1, 0.15) is 0 Å². The highest BCUT2D eigenvalue weighted by Crippen LogP contribution is 2.38. The van der Waals surface area contributed by atoms with Crippen LogP contribution >= 0.6 is 0 Å². The van der Waals surface area contributed by atoms with Gasteiger partial charge in [-0.05, 0) is 66.2 Å². The lowest BCUT2D eigenvalue weighted by molar-refractivity contribution is -0.246. The van der Waals surface area contributed by atoms with E-state index in [1.807, 2.05) is 0 Å². The number of aliphatic hydroxyl groups excluding tert-OH is 1. The van der Waals surface area contributed by atoms with Crippen LogP contribution in [-0.4, -0.2) is 45.5 Å². The maximum atomic E-state index is 10.3. The molecule has 3 rings (SSSR count). The van der Waals surface area contributed by atoms with Crippen LogP contribution in [-0.2, 0) is 4.84 Å². The molecule has 0 atom stereocenters. The Bertz CT molecular complexity index is 488. The molecule has 2 saturated carbocycles. The highest BCUT2D eigenvalue weighted by molar-refractivity contribution is 5.74. The minimum Gasteiger partial charge on any atom is -0.393 e. The highest BCUT2D eigenvalue weighted by Gasteiger charge is 2.47. The van der Waals surface area contributed by atoms with Gasteiger partial charge < -0.3 is 15.3 Å². The number of hydrogen-bond acceptors (Lipinski definition) is 4. The summed E-state index contributed by atoms with van der Waals surface area (Å²) in [6.07, 6.45) is 13.7. The molecule has 3 aliphatic rings. The van der Waals surface area contributed by atoms with Crippen LogP contribution in [0.5, 0.6) is 0 Å². The Hall–Kier alpha value is -0.810. The van der Waals surface area contributed by atoms with Crippen molar-refractivity contribution in [1.82, 2.24) is 10.4 Å². The summed E-state index contributed by atoms with van der Waals surface area (Å²) in [5, 5.41) is 16.1. The van der Waals surface area contributed by atoms with E-state index in [4.69, 9.17) is 9.83 Å². The average molecular weight is 380 g/mol. The van der Waals surface area contributed by atoms with Crippen LogP contribution in [0.2, 0.25) is 0 Å². The number of aliphatic hydroxyl groups is 1. The van der Waals surface area contributed by atoms with Gasteiger partial charge in [-0.2, -0.15) is 0 Å². The van der Waals surface area contributed by atoms with Crippen LogP contribution < -0.4 is 5.32 Å². The monoisotopic (exact) mass is 379 g/mol. The van der Waals surface area contributed by atoms with Crippen molar-refractivity contribution in [3.05, 3.63) is 0 Å². The predicted octanol–water partition coefficient (Wildman–Crippen LogP) is 4.54. The second-order valence-electron chi connectivity index (χ2n) is 10.3. The maximum absolute atomic E-state index is 10.3. The van der Waals surface area contributed by atoms with Gasteiger partial charge in [0.05, 0.1) is 23.2 Å². The van der Waals surface area contributed by atoms with Gasteiger partial charge in [0.15, 0.2) is 0 Å². The second kappa shape index (κ2) is 8.69. The van der Waals surface area contributed by atoms with Crippen molar-refractivity contribution >= 4 is 6.02 Å². The topological polar surface area (TPSA) is 57.1 Å². The van der Waals surface area contributed by atoms with E-state index < -0.39 is 0 Å². The zero-order valence-electron chi connectivity index (χ0n) is 18.0. The molecule has 0 amide bonds. The van der Waals surface area contributed by atoms with Crippen molar-refractivity contribution in [3.63, 3.8) is 0 Å². The summed E-state index contributed by atoms with van der Waals surface area (Å²) in [5.74, 6) is 0. The molecule has 5 nitrogen and oxygen atoms in total. The van der Waals surface area contributed by atoms with Crippen molar-refractivity contribution in [2.75, 3.05) is 0 Å². The summed E-state index contributed by atoms with van der Waals surface area (Å²) in [7, 11) is 0. The van der Waals surface area contributed by atoms with E-state index in [2.05, 4.69) is 38.1 Å². The molecule has 1 saturated heterocycles. The molecule has 0 aromatic rings. The fraction of sp³-hybridized carbons (Fsp3) is 0.955. The molecule has 0 radical (unpaired) electrons. The van der Waals surface area contributed by atoms with Crippen LogP contribution in [0.1, 0.15) is 105 Å². The Labute approximate surface area is 165 Å². The van der Waals surface area contributed by atoms with Gasteiger partial charge in [-0.15, -0.1) is 5.06 Å². The van der Waals surface area contributed by atoms with E-state index in [0.717, 1.165) is 12.8 Å². The molecule has 0 unspecified atom stereocenters. The first-order valence-corrected chi connectivity index (χ1v) is 11.3. The van der Waals surface area contributed by atoms with Gasteiger partial charge in [-0.3, -0.25) is 0 Å². The number of aliphatic imine (C=N–C) groups is 1. The van der Waals surface area contributed by atoms with Crippen LogP contribution in [0.3, 0.4) is 0 Å². The third kappa shape index (κ3) is 5.60. The van der Waals surface area contributed by atoms with Crippen molar-refractivity contribution in [2.24, 2.45) is 4.99 Å². The minimum atomic E-state index is -0.278. The molecular formula is C22H41N3O2. The number of nitrogens with zero attached hydrogens (tertiary/aromatic N) is 2. The van der Waals surface area contributed by atoms with E-state index in [0.29, 0.717) is 18.1 Å². The van der Waals surface area contributed by atoms with Crippen molar-refractivity contribution in [3.8, 4) is 0 Å². The fourth-order valence-corrected chi connectivity index (χ4v) is 5.43. The van der Waals surface area contributed by atoms with Crippen LogP contribution in [0.15, 0.2) is 4.99 Å².